The van der Waals surface area contributed by atoms with E-state index >= 15 is 0 Å². The van der Waals surface area contributed by atoms with Crippen LogP contribution in [0.3, 0.4) is 0 Å². The number of nitro groups is 1. The quantitative estimate of drug-likeness (QED) is 0.627. The van der Waals surface area contributed by atoms with Crippen LogP contribution in [0.5, 0.6) is 0 Å². The van der Waals surface area contributed by atoms with Gasteiger partial charge in [-0.05, 0) is 36.8 Å². The van der Waals surface area contributed by atoms with Crippen LogP contribution in [0.25, 0.3) is 0 Å². The molecular weight excluding hydrogens is 204 g/mol. The minimum atomic E-state index is -0.335. The second kappa shape index (κ2) is 4.12. The van der Waals surface area contributed by atoms with E-state index in [2.05, 4.69) is 12.2 Å². The fourth-order valence-corrected chi connectivity index (χ4v) is 1.88. The number of nitro benzene ring substituents is 1. The highest BCUT2D eigenvalue weighted by Crippen LogP contribution is 2.38. The Morgan fingerprint density at radius 2 is 2.25 bits per heavy atom. The molecule has 0 aromatic heterocycles. The van der Waals surface area contributed by atoms with Crippen molar-refractivity contribution in [3.05, 3.63) is 33.9 Å². The first-order valence-electron chi connectivity index (χ1n) is 5.57. The van der Waals surface area contributed by atoms with Crippen LogP contribution in [0.2, 0.25) is 0 Å². The van der Waals surface area contributed by atoms with Gasteiger partial charge >= 0.3 is 0 Å². The molecule has 16 heavy (non-hydrogen) atoms. The van der Waals surface area contributed by atoms with E-state index in [1.54, 1.807) is 12.1 Å². The Kier molecular flexibility index (Phi) is 2.81. The molecule has 0 aliphatic heterocycles. The summed E-state index contributed by atoms with van der Waals surface area (Å²) in [5, 5.41) is 14.0. The van der Waals surface area contributed by atoms with E-state index < -0.39 is 0 Å². The molecule has 1 aromatic carbocycles. The van der Waals surface area contributed by atoms with Crippen LogP contribution in [-0.4, -0.2) is 11.5 Å². The van der Waals surface area contributed by atoms with Crippen LogP contribution in [-0.2, 0) is 0 Å². The average molecular weight is 220 g/mol. The van der Waals surface area contributed by atoms with Gasteiger partial charge in [-0.25, -0.2) is 0 Å². The molecule has 1 aliphatic rings. The van der Waals surface area contributed by atoms with Crippen LogP contribution in [0.4, 0.5) is 11.4 Å². The van der Waals surface area contributed by atoms with E-state index in [1.165, 1.54) is 6.42 Å². The summed E-state index contributed by atoms with van der Waals surface area (Å²) in [6, 6.07) is 5.17. The molecule has 1 fully saturated rings. The summed E-state index contributed by atoms with van der Waals surface area (Å²) in [6.45, 7) is 4.98. The third-order valence-corrected chi connectivity index (χ3v) is 3.18. The van der Waals surface area contributed by atoms with Crippen molar-refractivity contribution in [2.75, 3.05) is 11.9 Å². The number of hydrogen-bond donors (Lipinski definition) is 1. The fourth-order valence-electron chi connectivity index (χ4n) is 1.88. The van der Waals surface area contributed by atoms with Gasteiger partial charge in [0, 0.05) is 12.6 Å². The summed E-state index contributed by atoms with van der Waals surface area (Å²) in [4.78, 5) is 10.5. The van der Waals surface area contributed by atoms with Gasteiger partial charge < -0.3 is 5.32 Å². The van der Waals surface area contributed by atoms with Crippen LogP contribution in [0.1, 0.15) is 18.9 Å². The van der Waals surface area contributed by atoms with E-state index in [0.29, 0.717) is 11.6 Å². The Labute approximate surface area is 94.8 Å². The zero-order valence-electron chi connectivity index (χ0n) is 9.56. The molecular formula is C12H16N2O2. The molecule has 0 radical (unpaired) electrons. The maximum Gasteiger partial charge on any atom is 0.292 e. The van der Waals surface area contributed by atoms with Gasteiger partial charge in [0.1, 0.15) is 5.69 Å². The van der Waals surface area contributed by atoms with Crippen molar-refractivity contribution >= 4 is 11.4 Å². The summed E-state index contributed by atoms with van der Waals surface area (Å²) in [5.74, 6) is 1.44. The van der Waals surface area contributed by atoms with Gasteiger partial charge in [-0.3, -0.25) is 10.1 Å². The molecule has 1 aromatic rings. The summed E-state index contributed by atoms with van der Waals surface area (Å²) >= 11 is 0. The summed E-state index contributed by atoms with van der Waals surface area (Å²) in [6.07, 6.45) is 1.23. The molecule has 1 N–H and O–H groups in total. The van der Waals surface area contributed by atoms with E-state index in [4.69, 9.17) is 0 Å². The SMILES string of the molecule is Cc1ccc([N+](=O)[O-])c(NCC2CC2C)c1. The second-order valence-corrected chi connectivity index (χ2v) is 4.63. The van der Waals surface area contributed by atoms with Crippen molar-refractivity contribution in [2.24, 2.45) is 11.8 Å². The molecule has 4 nitrogen and oxygen atoms in total. The summed E-state index contributed by atoms with van der Waals surface area (Å²) in [5.41, 5.74) is 1.85. The van der Waals surface area contributed by atoms with Crippen molar-refractivity contribution in [1.82, 2.24) is 0 Å². The first-order valence-corrected chi connectivity index (χ1v) is 5.57. The standard InChI is InChI=1S/C12H16N2O2/c1-8-3-4-12(14(15)16)11(5-8)13-7-10-6-9(10)2/h3-5,9-10,13H,6-7H2,1-2H3. The molecule has 1 saturated carbocycles. The number of nitrogens with zero attached hydrogens (tertiary/aromatic N) is 1. The normalized spacial score (nSPS) is 22.9. The monoisotopic (exact) mass is 220 g/mol. The molecule has 0 amide bonds. The minimum Gasteiger partial charge on any atom is -0.379 e. The first-order chi connectivity index (χ1) is 7.58. The maximum absolute atomic E-state index is 10.8. The fraction of sp³-hybridized carbons (Fsp3) is 0.500. The zero-order chi connectivity index (χ0) is 11.7. The number of aryl methyl sites for hydroxylation is 1. The molecule has 86 valence electrons. The third-order valence-electron chi connectivity index (χ3n) is 3.18. The summed E-state index contributed by atoms with van der Waals surface area (Å²) in [7, 11) is 0. The first kappa shape index (κ1) is 10.9. The number of anilines is 1. The topological polar surface area (TPSA) is 55.2 Å². The van der Waals surface area contributed by atoms with Crippen LogP contribution < -0.4 is 5.32 Å². The van der Waals surface area contributed by atoms with E-state index in [0.717, 1.165) is 18.0 Å². The average Bonchev–Trinajstić information content (AvgIpc) is 2.91. The lowest BCUT2D eigenvalue weighted by molar-refractivity contribution is -0.384. The maximum atomic E-state index is 10.8. The van der Waals surface area contributed by atoms with Gasteiger partial charge in [-0.2, -0.15) is 0 Å². The molecule has 0 spiro atoms. The lowest BCUT2D eigenvalue weighted by atomic mass is 10.2. The molecule has 2 unspecified atom stereocenters. The largest absolute Gasteiger partial charge is 0.379 e. The molecule has 0 bridgehead atoms. The zero-order valence-corrected chi connectivity index (χ0v) is 9.56. The Balaban J connectivity index is 2.10. The lowest BCUT2D eigenvalue weighted by Gasteiger charge is -2.07. The highest BCUT2D eigenvalue weighted by Gasteiger charge is 2.32. The van der Waals surface area contributed by atoms with Crippen molar-refractivity contribution in [1.29, 1.82) is 0 Å². The van der Waals surface area contributed by atoms with Gasteiger partial charge in [-0.1, -0.05) is 13.0 Å². The summed E-state index contributed by atoms with van der Waals surface area (Å²) < 4.78 is 0. The van der Waals surface area contributed by atoms with E-state index in [9.17, 15) is 10.1 Å². The molecule has 2 atom stereocenters. The third kappa shape index (κ3) is 2.32. The van der Waals surface area contributed by atoms with Gasteiger partial charge in [0.2, 0.25) is 0 Å². The number of nitrogens with one attached hydrogen (secondary N) is 1. The van der Waals surface area contributed by atoms with Crippen molar-refractivity contribution in [3.8, 4) is 0 Å². The predicted octanol–water partition coefficient (Wildman–Crippen LogP) is 2.97. The number of hydrogen-bond acceptors (Lipinski definition) is 3. The molecule has 0 saturated heterocycles. The van der Waals surface area contributed by atoms with Gasteiger partial charge in [0.05, 0.1) is 4.92 Å². The van der Waals surface area contributed by atoms with Crippen LogP contribution in [0.15, 0.2) is 18.2 Å². The molecule has 4 heteroatoms. The smallest absolute Gasteiger partial charge is 0.292 e. The van der Waals surface area contributed by atoms with Crippen molar-refractivity contribution in [3.63, 3.8) is 0 Å². The van der Waals surface area contributed by atoms with Crippen molar-refractivity contribution < 1.29 is 4.92 Å². The Morgan fingerprint density at radius 3 is 2.81 bits per heavy atom. The van der Waals surface area contributed by atoms with Crippen LogP contribution >= 0.6 is 0 Å². The number of rotatable bonds is 4. The van der Waals surface area contributed by atoms with E-state index in [-0.39, 0.29) is 10.6 Å². The Morgan fingerprint density at radius 1 is 1.56 bits per heavy atom. The van der Waals surface area contributed by atoms with Gasteiger partial charge in [-0.15, -0.1) is 0 Å². The van der Waals surface area contributed by atoms with Gasteiger partial charge in [0.15, 0.2) is 0 Å². The predicted molar refractivity (Wildman–Crippen MR) is 63.6 cm³/mol. The Bertz CT molecular complexity index is 417. The van der Waals surface area contributed by atoms with Gasteiger partial charge in [0.25, 0.3) is 5.69 Å². The minimum absolute atomic E-state index is 0.166. The lowest BCUT2D eigenvalue weighted by Crippen LogP contribution is -2.06. The second-order valence-electron chi connectivity index (χ2n) is 4.63. The molecule has 2 rings (SSSR count). The molecule has 0 heterocycles. The number of benzene rings is 1. The highest BCUT2D eigenvalue weighted by atomic mass is 16.6. The van der Waals surface area contributed by atoms with Crippen LogP contribution in [0, 0.1) is 28.9 Å². The van der Waals surface area contributed by atoms with E-state index in [1.807, 2.05) is 13.0 Å². The Hall–Kier alpha value is -1.58. The highest BCUT2D eigenvalue weighted by molar-refractivity contribution is 5.62. The van der Waals surface area contributed by atoms with Crippen molar-refractivity contribution in [2.45, 2.75) is 20.3 Å². The molecule has 1 aliphatic carbocycles.